The van der Waals surface area contributed by atoms with E-state index in [1.165, 1.54) is 96.3 Å². The van der Waals surface area contributed by atoms with Gasteiger partial charge in [-0.3, -0.25) is 0 Å². The Balaban J connectivity index is -0.000000602. The van der Waals surface area contributed by atoms with Gasteiger partial charge in [0.2, 0.25) is 0 Å². The predicted octanol–water partition coefficient (Wildman–Crippen LogP) is -1.50. The second-order valence-corrected chi connectivity index (χ2v) is 6.12. The molecule has 23 heavy (non-hydrogen) atoms. The van der Waals surface area contributed by atoms with E-state index in [1.54, 1.807) is 0 Å². The first-order valence-corrected chi connectivity index (χ1v) is 9.34. The molecule has 0 saturated heterocycles. The van der Waals surface area contributed by atoms with E-state index in [2.05, 4.69) is 26.7 Å². The van der Waals surface area contributed by atoms with E-state index in [1.807, 2.05) is 0 Å². The number of hydrogen-bond donors (Lipinski definition) is 0. The average Bonchev–Trinajstić information content (AvgIpc) is 2.47. The van der Waals surface area contributed by atoms with Crippen LogP contribution in [-0.2, 0) is 0 Å². The van der Waals surface area contributed by atoms with Gasteiger partial charge in [-0.15, -0.1) is 0 Å². The smallest absolute Gasteiger partial charge is 0.372 e. The van der Waals surface area contributed by atoms with E-state index >= 15 is 0 Å². The molecule has 0 fully saturated rings. The quantitative estimate of drug-likeness (QED) is 0.174. The Morgan fingerprint density at radius 1 is 0.522 bits per heavy atom. The van der Waals surface area contributed by atoms with Crippen LogP contribution < -0.4 is 56.6 Å². The molecule has 3 heteroatoms. The summed E-state index contributed by atoms with van der Waals surface area (Å²) < 4.78 is 0. The van der Waals surface area contributed by atoms with Crippen LogP contribution in [0.4, 0.5) is 0 Å². The largest absolute Gasteiger partial charge is 1.00 e. The molecule has 0 aliphatic rings. The Morgan fingerprint density at radius 3 is 1.26 bits per heavy atom. The van der Waals surface area contributed by atoms with Crippen molar-refractivity contribution >= 4 is 0 Å². The van der Waals surface area contributed by atoms with Crippen molar-refractivity contribution in [2.45, 2.75) is 110 Å². The summed E-state index contributed by atoms with van der Waals surface area (Å²) in [4.78, 5) is 0. The van der Waals surface area contributed by atoms with E-state index in [0.29, 0.717) is 0 Å². The summed E-state index contributed by atoms with van der Waals surface area (Å²) in [5, 5.41) is 0. The minimum absolute atomic E-state index is 0. The Hall–Kier alpha value is 1.79. The van der Waals surface area contributed by atoms with Crippen molar-refractivity contribution in [2.24, 2.45) is 0 Å². The van der Waals surface area contributed by atoms with Crippen molar-refractivity contribution in [2.75, 3.05) is 0 Å². The van der Waals surface area contributed by atoms with Crippen LogP contribution in [0, 0.1) is 19.8 Å². The van der Waals surface area contributed by atoms with E-state index in [9.17, 15) is 0 Å². The predicted molar refractivity (Wildman–Crippen MR) is 93.5 cm³/mol. The van der Waals surface area contributed by atoms with Crippen molar-refractivity contribution < 1.29 is 56.6 Å². The second-order valence-electron chi connectivity index (χ2n) is 6.12. The Bertz CT molecular complexity index is 145. The van der Waals surface area contributed by atoms with Gasteiger partial charge < -0.3 is 26.2 Å². The molecule has 0 bridgehead atoms. The van der Waals surface area contributed by atoms with E-state index < -0.39 is 0 Å². The van der Waals surface area contributed by atoms with Crippen LogP contribution in [0.2, 0.25) is 0 Å². The normalized spacial score (nSPS) is 9.65. The summed E-state index contributed by atoms with van der Waals surface area (Å²) in [6.45, 7) is 6.11. The molecule has 0 saturated carbocycles. The van der Waals surface area contributed by atoms with Gasteiger partial charge >= 0.3 is 56.6 Å². The molecule has 0 aromatic heterocycles. The standard InChI is InChI=1S/C20H39.3Li/c1-3-5-7-9-11-13-15-17-19-20-18-16-14-12-10-8-6-4-2;;;/h5,12H,1,3-4,6-11,13-20H2,2H3;;;/q-3;3*+1. The number of unbranched alkanes of at least 4 members (excludes halogenated alkanes) is 17. The molecule has 0 aliphatic carbocycles. The fourth-order valence-electron chi connectivity index (χ4n) is 2.64. The van der Waals surface area contributed by atoms with Crippen molar-refractivity contribution in [1.29, 1.82) is 0 Å². The molecular weight excluding hydrogens is 261 g/mol. The zero-order valence-corrected chi connectivity index (χ0v) is 17.2. The van der Waals surface area contributed by atoms with Gasteiger partial charge in [0, 0.05) is 0 Å². The molecule has 0 N–H and O–H groups in total. The van der Waals surface area contributed by atoms with E-state index in [4.69, 9.17) is 0 Å². The SMILES string of the molecule is [CH2-]C[CH-]CCCCCCCCCCC[CH-]CCCCC.[Li+].[Li+].[Li+]. The van der Waals surface area contributed by atoms with E-state index in [-0.39, 0.29) is 56.6 Å². The van der Waals surface area contributed by atoms with Gasteiger partial charge in [-0.05, 0) is 0 Å². The summed E-state index contributed by atoms with van der Waals surface area (Å²) >= 11 is 0. The second kappa shape index (κ2) is 31.6. The molecule has 0 heterocycles. The molecule has 0 aliphatic heterocycles. The first-order valence-electron chi connectivity index (χ1n) is 9.34. The van der Waals surface area contributed by atoms with Crippen molar-refractivity contribution in [3.8, 4) is 0 Å². The van der Waals surface area contributed by atoms with Gasteiger partial charge in [0.1, 0.15) is 0 Å². The summed E-state index contributed by atoms with van der Waals surface area (Å²) in [6, 6.07) is 0. The van der Waals surface area contributed by atoms with Gasteiger partial charge in [0.05, 0.1) is 0 Å². The summed E-state index contributed by atoms with van der Waals surface area (Å²) in [7, 11) is 0. The summed E-state index contributed by atoms with van der Waals surface area (Å²) in [6.07, 6.45) is 26.9. The third kappa shape index (κ3) is 32.0. The van der Waals surface area contributed by atoms with Crippen molar-refractivity contribution in [3.63, 3.8) is 0 Å². The molecule has 0 unspecified atom stereocenters. The molecule has 0 radical (unpaired) electrons. The minimum atomic E-state index is 0. The Morgan fingerprint density at radius 2 is 0.870 bits per heavy atom. The Kier molecular flexibility index (Phi) is 44.5. The summed E-state index contributed by atoms with van der Waals surface area (Å²) in [5.74, 6) is 0. The molecular formula is C20H39Li3. The summed E-state index contributed by atoms with van der Waals surface area (Å²) in [5.41, 5.74) is 0. The zero-order valence-electron chi connectivity index (χ0n) is 17.2. The monoisotopic (exact) mass is 300 g/mol. The van der Waals surface area contributed by atoms with Crippen LogP contribution in [0.1, 0.15) is 110 Å². The topological polar surface area (TPSA) is 0 Å². The average molecular weight is 300 g/mol. The molecule has 0 aromatic rings. The minimum Gasteiger partial charge on any atom is -0.372 e. The van der Waals surface area contributed by atoms with Crippen molar-refractivity contribution in [3.05, 3.63) is 19.8 Å². The van der Waals surface area contributed by atoms with Crippen LogP contribution in [-0.4, -0.2) is 0 Å². The maximum absolute atomic E-state index is 3.84. The number of hydrogen-bond acceptors (Lipinski definition) is 0. The first-order chi connectivity index (χ1) is 9.91. The van der Waals surface area contributed by atoms with Crippen molar-refractivity contribution in [1.82, 2.24) is 0 Å². The molecule has 122 valence electrons. The van der Waals surface area contributed by atoms with Gasteiger partial charge in [-0.25, -0.2) is 0 Å². The fraction of sp³-hybridized carbons (Fsp3) is 0.850. The first kappa shape index (κ1) is 32.5. The maximum atomic E-state index is 3.84. The molecule has 0 rings (SSSR count). The number of rotatable bonds is 17. The maximum Gasteiger partial charge on any atom is 1.00 e. The molecule has 0 atom stereocenters. The van der Waals surface area contributed by atoms with Crippen LogP contribution in [0.15, 0.2) is 0 Å². The van der Waals surface area contributed by atoms with Gasteiger partial charge in [-0.1, -0.05) is 84.0 Å². The molecule has 0 nitrogen and oxygen atoms in total. The molecule has 0 amide bonds. The van der Waals surface area contributed by atoms with Gasteiger partial charge in [-0.2, -0.15) is 19.3 Å². The van der Waals surface area contributed by atoms with Gasteiger partial charge in [0.15, 0.2) is 0 Å². The van der Waals surface area contributed by atoms with Crippen LogP contribution in [0.5, 0.6) is 0 Å². The van der Waals surface area contributed by atoms with Gasteiger partial charge in [0.25, 0.3) is 0 Å². The molecule has 0 spiro atoms. The van der Waals surface area contributed by atoms with Crippen LogP contribution >= 0.6 is 0 Å². The zero-order chi connectivity index (χ0) is 14.7. The fourth-order valence-corrected chi connectivity index (χ4v) is 2.64. The molecule has 0 aromatic carbocycles. The van der Waals surface area contributed by atoms with Crippen LogP contribution in [0.3, 0.4) is 0 Å². The Labute approximate surface area is 185 Å². The third-order valence-electron chi connectivity index (χ3n) is 4.03. The third-order valence-corrected chi connectivity index (χ3v) is 4.03. The van der Waals surface area contributed by atoms with E-state index in [0.717, 1.165) is 6.42 Å². The van der Waals surface area contributed by atoms with Crippen LogP contribution in [0.25, 0.3) is 0 Å².